The first-order valence-electron chi connectivity index (χ1n) is 10.2. The van der Waals surface area contributed by atoms with Crippen molar-refractivity contribution in [3.8, 4) is 0 Å². The van der Waals surface area contributed by atoms with Crippen molar-refractivity contribution in [3.05, 3.63) is 64.7 Å². The van der Waals surface area contributed by atoms with E-state index in [4.69, 9.17) is 9.97 Å². The van der Waals surface area contributed by atoms with E-state index in [1.807, 2.05) is 0 Å². The quantitative estimate of drug-likeness (QED) is 0.820. The van der Waals surface area contributed by atoms with Gasteiger partial charge in [0.05, 0.1) is 6.04 Å². The van der Waals surface area contributed by atoms with Gasteiger partial charge in [0.25, 0.3) is 0 Å². The molecular weight excluding hydrogens is 332 g/mol. The Balaban J connectivity index is 1.52. The molecule has 142 valence electrons. The summed E-state index contributed by atoms with van der Waals surface area (Å²) in [6.45, 7) is 6.43. The van der Waals surface area contributed by atoms with Crippen LogP contribution in [0, 0.1) is 0 Å². The molecule has 27 heavy (non-hydrogen) atoms. The highest BCUT2D eigenvalue weighted by Gasteiger charge is 2.27. The maximum Gasteiger partial charge on any atom is 0.145 e. The lowest BCUT2D eigenvalue weighted by Gasteiger charge is -2.35. The van der Waals surface area contributed by atoms with Crippen LogP contribution >= 0.6 is 0 Å². The first-order chi connectivity index (χ1) is 13.2. The molecule has 2 aliphatic heterocycles. The fourth-order valence-corrected chi connectivity index (χ4v) is 4.31. The van der Waals surface area contributed by atoms with Gasteiger partial charge < -0.3 is 4.90 Å². The van der Waals surface area contributed by atoms with E-state index >= 15 is 0 Å². The highest BCUT2D eigenvalue weighted by molar-refractivity contribution is 5.52. The molecule has 0 amide bonds. The van der Waals surface area contributed by atoms with Gasteiger partial charge in [0.2, 0.25) is 0 Å². The molecule has 1 fully saturated rings. The molecule has 4 nitrogen and oxygen atoms in total. The van der Waals surface area contributed by atoms with Gasteiger partial charge >= 0.3 is 0 Å². The minimum Gasteiger partial charge on any atom is -0.302 e. The second kappa shape index (κ2) is 8.32. The van der Waals surface area contributed by atoms with Gasteiger partial charge in [-0.05, 0) is 38.9 Å². The van der Waals surface area contributed by atoms with Crippen molar-refractivity contribution >= 4 is 6.08 Å². The van der Waals surface area contributed by atoms with Gasteiger partial charge in [0, 0.05) is 43.5 Å². The lowest BCUT2D eigenvalue weighted by Crippen LogP contribution is -2.36. The summed E-state index contributed by atoms with van der Waals surface area (Å²) in [6, 6.07) is 10.9. The van der Waals surface area contributed by atoms with Crippen LogP contribution in [0.4, 0.5) is 0 Å². The number of rotatable bonds is 4. The second-order valence-corrected chi connectivity index (χ2v) is 8.07. The molecule has 2 aliphatic rings. The van der Waals surface area contributed by atoms with Crippen LogP contribution in [0.5, 0.6) is 0 Å². The van der Waals surface area contributed by atoms with Crippen LogP contribution in [0.3, 0.4) is 0 Å². The maximum atomic E-state index is 5.01. The molecule has 3 heterocycles. The zero-order valence-electron chi connectivity index (χ0n) is 16.6. The third kappa shape index (κ3) is 4.45. The van der Waals surface area contributed by atoms with Crippen molar-refractivity contribution < 1.29 is 0 Å². The van der Waals surface area contributed by atoms with Gasteiger partial charge in [-0.3, -0.25) is 4.90 Å². The zero-order chi connectivity index (χ0) is 18.6. The molecule has 1 saturated heterocycles. The summed E-state index contributed by atoms with van der Waals surface area (Å²) in [7, 11) is 2.17. The Bertz CT molecular complexity index is 799. The largest absolute Gasteiger partial charge is 0.302 e. The van der Waals surface area contributed by atoms with Gasteiger partial charge in [-0.15, -0.1) is 0 Å². The van der Waals surface area contributed by atoms with Gasteiger partial charge in [-0.1, -0.05) is 48.4 Å². The van der Waals surface area contributed by atoms with E-state index in [1.165, 1.54) is 35.2 Å². The van der Waals surface area contributed by atoms with Crippen molar-refractivity contribution in [1.82, 2.24) is 19.8 Å². The molecule has 0 radical (unpaired) electrons. The van der Waals surface area contributed by atoms with Crippen LogP contribution in [0.15, 0.2) is 42.1 Å². The fourth-order valence-electron chi connectivity index (χ4n) is 4.31. The SMILES string of the molecule is C/C(=C\c1ccccc1)CN1CCCCC1c1ncc2c(n1)CCN(C)C2. The van der Waals surface area contributed by atoms with E-state index in [2.05, 4.69) is 66.4 Å². The third-order valence-electron chi connectivity index (χ3n) is 5.72. The molecule has 1 atom stereocenters. The average molecular weight is 363 g/mol. The summed E-state index contributed by atoms with van der Waals surface area (Å²) in [5.41, 5.74) is 5.24. The standard InChI is InChI=1S/C23H30N4/c1-18(14-19-8-4-3-5-9-19)16-27-12-7-6-10-22(27)23-24-15-20-17-26(2)13-11-21(20)25-23/h3-5,8-9,14-15,22H,6-7,10-13,16-17H2,1-2H3/b18-14+. The lowest BCUT2D eigenvalue weighted by atomic mass is 9.99. The molecule has 0 aliphatic carbocycles. The van der Waals surface area contributed by atoms with Crippen molar-refractivity contribution in [2.24, 2.45) is 0 Å². The summed E-state index contributed by atoms with van der Waals surface area (Å²) in [4.78, 5) is 14.7. The topological polar surface area (TPSA) is 32.3 Å². The normalized spacial score (nSPS) is 21.9. The number of fused-ring (bicyclic) bond motifs is 1. The Morgan fingerprint density at radius 2 is 2.04 bits per heavy atom. The molecule has 1 unspecified atom stereocenters. The predicted octanol–water partition coefficient (Wildman–Crippen LogP) is 4.10. The predicted molar refractivity (Wildman–Crippen MR) is 110 cm³/mol. The van der Waals surface area contributed by atoms with Crippen molar-refractivity contribution in [2.45, 2.75) is 45.2 Å². The molecule has 0 bridgehead atoms. The van der Waals surface area contributed by atoms with E-state index in [-0.39, 0.29) is 0 Å². The molecular formula is C23H30N4. The Morgan fingerprint density at radius 1 is 1.19 bits per heavy atom. The second-order valence-electron chi connectivity index (χ2n) is 8.07. The molecule has 4 rings (SSSR count). The van der Waals surface area contributed by atoms with Gasteiger partial charge in [0.15, 0.2) is 0 Å². The number of hydrogen-bond donors (Lipinski definition) is 0. The van der Waals surface area contributed by atoms with Gasteiger partial charge in [-0.2, -0.15) is 0 Å². The van der Waals surface area contributed by atoms with Crippen molar-refractivity contribution in [3.63, 3.8) is 0 Å². The van der Waals surface area contributed by atoms with E-state index in [1.54, 1.807) is 0 Å². The molecule has 1 aromatic carbocycles. The monoisotopic (exact) mass is 362 g/mol. The summed E-state index contributed by atoms with van der Waals surface area (Å²) in [5, 5.41) is 0. The van der Waals surface area contributed by atoms with Crippen LogP contribution in [0.25, 0.3) is 6.08 Å². The number of nitrogens with zero attached hydrogens (tertiary/aromatic N) is 4. The van der Waals surface area contributed by atoms with Crippen LogP contribution in [0.1, 0.15) is 54.9 Å². The highest BCUT2D eigenvalue weighted by Crippen LogP contribution is 2.30. The highest BCUT2D eigenvalue weighted by atomic mass is 15.2. The Labute approximate surface area is 162 Å². The summed E-state index contributed by atoms with van der Waals surface area (Å²) in [5.74, 6) is 1.03. The average Bonchev–Trinajstić information content (AvgIpc) is 2.69. The minimum absolute atomic E-state index is 0.350. The fraction of sp³-hybridized carbons (Fsp3) is 0.478. The Morgan fingerprint density at radius 3 is 2.89 bits per heavy atom. The van der Waals surface area contributed by atoms with Crippen molar-refractivity contribution in [2.75, 3.05) is 26.7 Å². The molecule has 4 heteroatoms. The minimum atomic E-state index is 0.350. The van der Waals surface area contributed by atoms with Crippen LogP contribution < -0.4 is 0 Å². The first-order valence-corrected chi connectivity index (χ1v) is 10.2. The van der Waals surface area contributed by atoms with Crippen molar-refractivity contribution in [1.29, 1.82) is 0 Å². The molecule has 0 N–H and O–H groups in total. The maximum absolute atomic E-state index is 5.01. The van der Waals surface area contributed by atoms with E-state index in [0.29, 0.717) is 6.04 Å². The molecule has 0 spiro atoms. The summed E-state index contributed by atoms with van der Waals surface area (Å²) in [6.07, 6.45) is 9.12. The van der Waals surface area contributed by atoms with Crippen LogP contribution in [-0.4, -0.2) is 46.4 Å². The van der Waals surface area contributed by atoms with Gasteiger partial charge in [-0.25, -0.2) is 9.97 Å². The number of likely N-dealkylation sites (N-methyl/N-ethyl adjacent to an activating group) is 1. The number of piperidine rings is 1. The lowest BCUT2D eigenvalue weighted by molar-refractivity contribution is 0.155. The van der Waals surface area contributed by atoms with Gasteiger partial charge in [0.1, 0.15) is 5.82 Å². The Hall–Kier alpha value is -2.04. The number of aromatic nitrogens is 2. The van der Waals surface area contributed by atoms with Crippen LogP contribution in [0.2, 0.25) is 0 Å². The van der Waals surface area contributed by atoms with Crippen LogP contribution in [-0.2, 0) is 13.0 Å². The molecule has 0 saturated carbocycles. The first kappa shape index (κ1) is 18.3. The van der Waals surface area contributed by atoms with E-state index < -0.39 is 0 Å². The zero-order valence-corrected chi connectivity index (χ0v) is 16.6. The van der Waals surface area contributed by atoms with E-state index in [0.717, 1.165) is 44.8 Å². The third-order valence-corrected chi connectivity index (χ3v) is 5.72. The molecule has 1 aromatic heterocycles. The number of benzene rings is 1. The molecule has 2 aromatic rings. The summed E-state index contributed by atoms with van der Waals surface area (Å²) < 4.78 is 0. The number of likely N-dealkylation sites (tertiary alicyclic amines) is 1. The Kier molecular flexibility index (Phi) is 5.65. The smallest absolute Gasteiger partial charge is 0.145 e. The number of hydrogen-bond acceptors (Lipinski definition) is 4. The van der Waals surface area contributed by atoms with E-state index in [9.17, 15) is 0 Å². The summed E-state index contributed by atoms with van der Waals surface area (Å²) >= 11 is 0.